The van der Waals surface area contributed by atoms with Gasteiger partial charge in [-0.05, 0) is 6.92 Å². The number of aliphatic hydroxyl groups is 1. The van der Waals surface area contributed by atoms with Gasteiger partial charge in [-0.2, -0.15) is 8.42 Å². The molecule has 13 heteroatoms. The minimum atomic E-state index is -4.01. The quantitative estimate of drug-likeness (QED) is 0.431. The fourth-order valence-corrected chi connectivity index (χ4v) is 3.03. The smallest absolute Gasteiger partial charge is 0.438 e. The molecule has 1 aromatic rings. The molecule has 2 rings (SSSR count). The van der Waals surface area contributed by atoms with Gasteiger partial charge in [0.05, 0.1) is 13.4 Å². The van der Waals surface area contributed by atoms with E-state index >= 15 is 0 Å². The van der Waals surface area contributed by atoms with E-state index in [1.165, 1.54) is 6.92 Å². The number of rotatable bonds is 5. The zero-order valence-corrected chi connectivity index (χ0v) is 14.9. The van der Waals surface area contributed by atoms with Gasteiger partial charge in [0.15, 0.2) is 6.23 Å². The minimum absolute atomic E-state index is 0.162. The number of carbonyl (C=O) groups excluding carboxylic acids is 1. The Labute approximate surface area is 147 Å². The van der Waals surface area contributed by atoms with Crippen LogP contribution in [-0.4, -0.2) is 67.5 Å². The highest BCUT2D eigenvalue weighted by atomic mass is 32.2. The number of ether oxygens (including phenoxy) is 3. The molecule has 0 aromatic carbocycles. The van der Waals surface area contributed by atoms with E-state index in [9.17, 15) is 27.9 Å². The van der Waals surface area contributed by atoms with Gasteiger partial charge in [-0.15, -0.1) is 0 Å². The highest BCUT2D eigenvalue weighted by Crippen LogP contribution is 2.31. The van der Waals surface area contributed by atoms with Crippen LogP contribution in [0.3, 0.4) is 0 Å². The van der Waals surface area contributed by atoms with Crippen molar-refractivity contribution >= 4 is 16.3 Å². The van der Waals surface area contributed by atoms with E-state index in [-0.39, 0.29) is 5.56 Å². The summed E-state index contributed by atoms with van der Waals surface area (Å²) >= 11 is 0. The summed E-state index contributed by atoms with van der Waals surface area (Å²) in [6.45, 7) is 0.927. The van der Waals surface area contributed by atoms with Crippen LogP contribution in [0.2, 0.25) is 0 Å². The van der Waals surface area contributed by atoms with Gasteiger partial charge in [-0.3, -0.25) is 18.5 Å². The monoisotopic (exact) mass is 394 g/mol. The van der Waals surface area contributed by atoms with Crippen molar-refractivity contribution in [1.29, 1.82) is 0 Å². The first-order chi connectivity index (χ1) is 12.0. The maximum absolute atomic E-state index is 12.0. The van der Waals surface area contributed by atoms with Gasteiger partial charge in [0.2, 0.25) is 0 Å². The molecular weight excluding hydrogens is 376 g/mol. The number of aryl methyl sites for hydroxylation is 1. The minimum Gasteiger partial charge on any atom is -0.438 e. The number of aromatic nitrogens is 2. The molecule has 1 aliphatic rings. The van der Waals surface area contributed by atoms with Gasteiger partial charge >= 0.3 is 11.8 Å². The average Bonchev–Trinajstić information content (AvgIpc) is 2.83. The van der Waals surface area contributed by atoms with Gasteiger partial charge in [-0.1, -0.05) is 0 Å². The van der Waals surface area contributed by atoms with E-state index in [1.54, 1.807) is 0 Å². The number of aliphatic hydroxyl groups excluding tert-OH is 1. The summed E-state index contributed by atoms with van der Waals surface area (Å²) in [5.74, 6) is 0. The molecule has 146 valence electrons. The van der Waals surface area contributed by atoms with Gasteiger partial charge < -0.3 is 19.3 Å². The normalized spacial score (nSPS) is 25.8. The predicted molar refractivity (Wildman–Crippen MR) is 84.1 cm³/mol. The summed E-state index contributed by atoms with van der Waals surface area (Å²) < 4.78 is 43.1. The first-order valence-electron chi connectivity index (χ1n) is 7.28. The summed E-state index contributed by atoms with van der Waals surface area (Å²) in [5.41, 5.74) is -1.33. The number of nitrogens with one attached hydrogen (secondary N) is 1. The molecule has 26 heavy (non-hydrogen) atoms. The Morgan fingerprint density at radius 1 is 1.42 bits per heavy atom. The lowest BCUT2D eigenvalue weighted by Gasteiger charge is -2.19. The molecule has 0 spiro atoms. The van der Waals surface area contributed by atoms with Crippen LogP contribution in [0, 0.1) is 6.92 Å². The Bertz CT molecular complexity index is 889. The van der Waals surface area contributed by atoms with Gasteiger partial charge in [-0.25, -0.2) is 9.59 Å². The molecule has 0 aliphatic carbocycles. The fraction of sp³-hybridized carbons (Fsp3) is 0.615. The maximum atomic E-state index is 12.0. The first kappa shape index (κ1) is 20.1. The van der Waals surface area contributed by atoms with Gasteiger partial charge in [0.25, 0.3) is 15.7 Å². The van der Waals surface area contributed by atoms with Crippen molar-refractivity contribution in [2.45, 2.75) is 31.5 Å². The largest absolute Gasteiger partial charge is 0.508 e. The molecule has 4 atom stereocenters. The van der Waals surface area contributed by atoms with E-state index in [1.807, 2.05) is 4.98 Å². The zero-order valence-electron chi connectivity index (χ0n) is 14.1. The molecule has 0 amide bonds. The number of methoxy groups -OCH3 is 1. The van der Waals surface area contributed by atoms with E-state index in [2.05, 4.69) is 4.74 Å². The number of aromatic amines is 1. The summed E-state index contributed by atoms with van der Waals surface area (Å²) in [6, 6.07) is 0. The molecule has 0 bridgehead atoms. The van der Waals surface area contributed by atoms with Gasteiger partial charge in [0, 0.05) is 11.8 Å². The lowest BCUT2D eigenvalue weighted by Crippen LogP contribution is -2.40. The van der Waals surface area contributed by atoms with Crippen LogP contribution in [0.25, 0.3) is 0 Å². The van der Waals surface area contributed by atoms with E-state index in [0.717, 1.165) is 24.1 Å². The SMILES string of the molecule is COC(=O)OC[C@H]1O[C@@H](n2cc(C)c(=O)[nH]c2=O)[C@H](O)[C@H]1OS(C)(=O)=O. The van der Waals surface area contributed by atoms with Crippen molar-refractivity contribution in [3.05, 3.63) is 32.6 Å². The topological polar surface area (TPSA) is 163 Å². The zero-order chi connectivity index (χ0) is 19.6. The second-order valence-electron chi connectivity index (χ2n) is 5.56. The van der Waals surface area contributed by atoms with Crippen LogP contribution >= 0.6 is 0 Å². The van der Waals surface area contributed by atoms with E-state index in [4.69, 9.17) is 13.7 Å². The standard InChI is InChI=1S/C13H18N2O10S/c1-6-4-15(12(18)14-10(6)17)11-8(16)9(25-26(3,20)21)7(24-11)5-23-13(19)22-2/h4,7-9,11,16H,5H2,1-3H3,(H,14,17,18)/t7-,8-,9+,11-/m1/s1. The number of carbonyl (C=O) groups is 1. The number of H-pyrrole nitrogens is 1. The lowest BCUT2D eigenvalue weighted by atomic mass is 10.1. The highest BCUT2D eigenvalue weighted by molar-refractivity contribution is 7.86. The third kappa shape index (κ3) is 4.49. The first-order valence-corrected chi connectivity index (χ1v) is 9.09. The highest BCUT2D eigenvalue weighted by Gasteiger charge is 2.48. The summed E-state index contributed by atoms with van der Waals surface area (Å²) in [7, 11) is -2.93. The Kier molecular flexibility index (Phi) is 5.85. The molecule has 12 nitrogen and oxygen atoms in total. The van der Waals surface area contributed by atoms with Crippen LogP contribution in [0.5, 0.6) is 0 Å². The molecule has 0 unspecified atom stereocenters. The summed E-state index contributed by atoms with van der Waals surface area (Å²) in [4.78, 5) is 36.6. The number of hydrogen-bond acceptors (Lipinski definition) is 10. The van der Waals surface area contributed by atoms with Crippen LogP contribution in [0.15, 0.2) is 15.8 Å². The van der Waals surface area contributed by atoms with Crippen molar-refractivity contribution < 1.29 is 36.7 Å². The molecule has 0 radical (unpaired) electrons. The molecule has 2 N–H and O–H groups in total. The van der Waals surface area contributed by atoms with Crippen LogP contribution in [0.1, 0.15) is 11.8 Å². The third-order valence-electron chi connectivity index (χ3n) is 3.55. The predicted octanol–water partition coefficient (Wildman–Crippen LogP) is -1.77. The van der Waals surface area contributed by atoms with Crippen molar-refractivity contribution in [3.8, 4) is 0 Å². The number of nitrogens with zero attached hydrogens (tertiary/aromatic N) is 1. The Morgan fingerprint density at radius 3 is 2.65 bits per heavy atom. The maximum Gasteiger partial charge on any atom is 0.508 e. The lowest BCUT2D eigenvalue weighted by molar-refractivity contribution is -0.0616. The van der Waals surface area contributed by atoms with Crippen molar-refractivity contribution in [1.82, 2.24) is 9.55 Å². The molecule has 2 heterocycles. The molecular formula is C13H18N2O10S. The molecule has 0 saturated carbocycles. The molecule has 1 aliphatic heterocycles. The third-order valence-corrected chi connectivity index (χ3v) is 4.12. The van der Waals surface area contributed by atoms with Crippen LogP contribution in [-0.2, 0) is 28.5 Å². The molecule has 1 fully saturated rings. The van der Waals surface area contributed by atoms with E-state index < -0.39 is 58.7 Å². The van der Waals surface area contributed by atoms with Crippen molar-refractivity contribution in [2.24, 2.45) is 0 Å². The molecule has 1 aromatic heterocycles. The summed E-state index contributed by atoms with van der Waals surface area (Å²) in [6.07, 6.45) is -4.81. The Morgan fingerprint density at radius 2 is 2.08 bits per heavy atom. The second kappa shape index (κ2) is 7.57. The van der Waals surface area contributed by atoms with Crippen molar-refractivity contribution in [2.75, 3.05) is 20.0 Å². The Hall–Kier alpha value is -2.22. The van der Waals surface area contributed by atoms with Crippen LogP contribution < -0.4 is 11.2 Å². The second-order valence-corrected chi connectivity index (χ2v) is 7.17. The molecule has 1 saturated heterocycles. The van der Waals surface area contributed by atoms with Crippen LogP contribution in [0.4, 0.5) is 4.79 Å². The van der Waals surface area contributed by atoms with Crippen molar-refractivity contribution in [3.63, 3.8) is 0 Å². The van der Waals surface area contributed by atoms with Gasteiger partial charge in [0.1, 0.15) is 24.9 Å². The summed E-state index contributed by atoms with van der Waals surface area (Å²) in [5, 5.41) is 10.4. The fourth-order valence-electron chi connectivity index (χ4n) is 2.39. The van der Waals surface area contributed by atoms with E-state index in [0.29, 0.717) is 0 Å². The average molecular weight is 394 g/mol. The number of hydrogen-bond donors (Lipinski definition) is 2. The Balaban J connectivity index is 2.35.